The Morgan fingerprint density at radius 3 is 2.25 bits per heavy atom. The van der Waals surface area contributed by atoms with Crippen molar-refractivity contribution in [3.8, 4) is 0 Å². The van der Waals surface area contributed by atoms with Crippen molar-refractivity contribution >= 4 is 13.8 Å². The summed E-state index contributed by atoms with van der Waals surface area (Å²) in [5.74, 6) is -0.613. The first kappa shape index (κ1) is 7.49. The highest BCUT2D eigenvalue weighted by Crippen LogP contribution is 1.92. The average Bonchev–Trinajstić information content (AvgIpc) is 1.62. The van der Waals surface area contributed by atoms with Crippen LogP contribution in [0.5, 0.6) is 0 Å². The van der Waals surface area contributed by atoms with E-state index < -0.39 is 11.4 Å². The maximum atomic E-state index is 10.4. The Hall–Kier alpha value is -0.505. The van der Waals surface area contributed by atoms with E-state index in [-0.39, 0.29) is 0 Å². The minimum absolute atomic E-state index is 0.613. The minimum atomic E-state index is -1.35. The summed E-state index contributed by atoms with van der Waals surface area (Å²) in [5.41, 5.74) is 3.74. The van der Waals surface area contributed by atoms with Crippen LogP contribution in [-0.2, 0) is 9.53 Å². The highest BCUT2D eigenvalue weighted by Gasteiger charge is 2.21. The third-order valence-electron chi connectivity index (χ3n) is 0.625. The summed E-state index contributed by atoms with van der Waals surface area (Å²) in [7, 11) is 6.33. The lowest BCUT2D eigenvalue weighted by atomic mass is 9.81. The van der Waals surface area contributed by atoms with Gasteiger partial charge in [-0.05, 0) is 6.92 Å². The molecule has 1 unspecified atom stereocenters. The molecule has 0 aliphatic rings. The van der Waals surface area contributed by atoms with E-state index in [4.69, 9.17) is 13.6 Å². The monoisotopic (exact) mass is 113 g/mol. The standard InChI is InChI=1S/C4H8BNO2/c1-4(5,6)3(7)8-2/h6H2,1-2H3. The summed E-state index contributed by atoms with van der Waals surface area (Å²) >= 11 is 0. The SMILES string of the molecule is [B]C(C)(N)C(=O)OC. The van der Waals surface area contributed by atoms with Gasteiger partial charge in [-0.15, -0.1) is 0 Å². The van der Waals surface area contributed by atoms with Crippen LogP contribution in [0, 0.1) is 0 Å². The number of esters is 1. The quantitative estimate of drug-likeness (QED) is 0.350. The van der Waals surface area contributed by atoms with Gasteiger partial charge in [0.15, 0.2) is 0 Å². The van der Waals surface area contributed by atoms with Crippen LogP contribution >= 0.6 is 0 Å². The third-order valence-corrected chi connectivity index (χ3v) is 0.625. The van der Waals surface area contributed by atoms with Crippen LogP contribution in [0.2, 0.25) is 0 Å². The van der Waals surface area contributed by atoms with Gasteiger partial charge in [0, 0.05) is 0 Å². The largest absolute Gasteiger partial charge is 0.468 e. The summed E-state index contributed by atoms with van der Waals surface area (Å²) in [6.07, 6.45) is 0. The van der Waals surface area contributed by atoms with E-state index >= 15 is 0 Å². The average molecular weight is 113 g/mol. The van der Waals surface area contributed by atoms with Crippen LogP contribution in [0.3, 0.4) is 0 Å². The molecule has 0 aromatic carbocycles. The lowest BCUT2D eigenvalue weighted by Gasteiger charge is -2.14. The molecule has 1 atom stereocenters. The molecule has 0 saturated carbocycles. The summed E-state index contributed by atoms with van der Waals surface area (Å²) < 4.78 is 4.23. The first-order valence-electron chi connectivity index (χ1n) is 2.14. The molecule has 0 fully saturated rings. The number of hydrogen-bond acceptors (Lipinski definition) is 3. The van der Waals surface area contributed by atoms with Gasteiger partial charge in [-0.1, -0.05) is 0 Å². The van der Waals surface area contributed by atoms with Gasteiger partial charge >= 0.3 is 5.97 Å². The maximum Gasteiger partial charge on any atom is 0.315 e. The van der Waals surface area contributed by atoms with Crippen LogP contribution in [0.15, 0.2) is 0 Å². The normalized spacial score (nSPS) is 16.9. The fraction of sp³-hybridized carbons (Fsp3) is 0.750. The second-order valence-corrected chi connectivity index (χ2v) is 1.77. The zero-order chi connectivity index (χ0) is 6.78. The summed E-state index contributed by atoms with van der Waals surface area (Å²) in [4.78, 5) is 10.4. The lowest BCUT2D eigenvalue weighted by molar-refractivity contribution is -0.143. The first-order valence-corrected chi connectivity index (χ1v) is 2.14. The summed E-state index contributed by atoms with van der Waals surface area (Å²) in [5, 5.41) is 0. The Morgan fingerprint density at radius 1 is 1.88 bits per heavy atom. The predicted molar refractivity (Wildman–Crippen MR) is 30.4 cm³/mol. The Bertz CT molecular complexity index is 96.7. The number of methoxy groups -OCH3 is 1. The zero-order valence-electron chi connectivity index (χ0n) is 4.97. The number of ether oxygens (including phenoxy) is 1. The molecule has 0 spiro atoms. The Morgan fingerprint density at radius 2 is 2.25 bits per heavy atom. The molecular weight excluding hydrogens is 105 g/mol. The zero-order valence-corrected chi connectivity index (χ0v) is 4.97. The van der Waals surface area contributed by atoms with E-state index in [9.17, 15) is 4.79 Å². The molecule has 44 valence electrons. The Labute approximate surface area is 49.6 Å². The second kappa shape index (κ2) is 2.18. The number of rotatable bonds is 1. The number of hydrogen-bond donors (Lipinski definition) is 1. The van der Waals surface area contributed by atoms with Crippen molar-refractivity contribution in [1.29, 1.82) is 0 Å². The number of carbonyl (C=O) groups is 1. The predicted octanol–water partition coefficient (Wildman–Crippen LogP) is -0.997. The van der Waals surface area contributed by atoms with Crippen molar-refractivity contribution in [2.75, 3.05) is 7.11 Å². The van der Waals surface area contributed by atoms with E-state index in [0.717, 1.165) is 0 Å². The van der Waals surface area contributed by atoms with Gasteiger partial charge in [-0.3, -0.25) is 4.79 Å². The molecule has 0 amide bonds. The smallest absolute Gasteiger partial charge is 0.315 e. The van der Waals surface area contributed by atoms with Crippen LogP contribution in [0.1, 0.15) is 6.92 Å². The van der Waals surface area contributed by atoms with E-state index in [0.29, 0.717) is 0 Å². The van der Waals surface area contributed by atoms with Crippen LogP contribution in [0.25, 0.3) is 0 Å². The van der Waals surface area contributed by atoms with Crippen LogP contribution in [0.4, 0.5) is 0 Å². The van der Waals surface area contributed by atoms with E-state index in [2.05, 4.69) is 4.74 Å². The summed E-state index contributed by atoms with van der Waals surface area (Å²) in [6.45, 7) is 1.37. The number of carbonyl (C=O) groups excluding carboxylic acids is 1. The number of nitrogens with two attached hydrogens (primary N) is 1. The van der Waals surface area contributed by atoms with Gasteiger partial charge in [0.05, 0.1) is 12.5 Å². The molecule has 0 aliphatic carbocycles. The molecule has 0 rings (SSSR count). The molecule has 0 bridgehead atoms. The molecule has 3 nitrogen and oxygen atoms in total. The topological polar surface area (TPSA) is 52.3 Å². The first-order chi connectivity index (χ1) is 3.48. The highest BCUT2D eigenvalue weighted by molar-refractivity contribution is 6.26. The molecule has 0 saturated heterocycles. The molecule has 8 heavy (non-hydrogen) atoms. The second-order valence-electron chi connectivity index (χ2n) is 1.77. The van der Waals surface area contributed by atoms with Crippen LogP contribution < -0.4 is 5.73 Å². The van der Waals surface area contributed by atoms with E-state index in [1.165, 1.54) is 14.0 Å². The van der Waals surface area contributed by atoms with E-state index in [1.807, 2.05) is 0 Å². The molecule has 0 aromatic rings. The van der Waals surface area contributed by atoms with Crippen molar-refractivity contribution in [2.24, 2.45) is 5.73 Å². The van der Waals surface area contributed by atoms with Crippen molar-refractivity contribution < 1.29 is 9.53 Å². The molecule has 2 radical (unpaired) electrons. The Balaban J connectivity index is 3.82. The highest BCUT2D eigenvalue weighted by atomic mass is 16.5. The lowest BCUT2D eigenvalue weighted by Crippen LogP contribution is -2.46. The minimum Gasteiger partial charge on any atom is -0.468 e. The van der Waals surface area contributed by atoms with Crippen molar-refractivity contribution in [2.45, 2.75) is 12.4 Å². The Kier molecular flexibility index (Phi) is 2.04. The fourth-order valence-electron chi connectivity index (χ4n) is 0.220. The van der Waals surface area contributed by atoms with Crippen molar-refractivity contribution in [3.05, 3.63) is 0 Å². The van der Waals surface area contributed by atoms with E-state index in [1.54, 1.807) is 0 Å². The molecule has 4 heteroatoms. The fourth-order valence-corrected chi connectivity index (χ4v) is 0.220. The third kappa shape index (κ3) is 1.98. The molecule has 0 aromatic heterocycles. The van der Waals surface area contributed by atoms with Crippen molar-refractivity contribution in [3.63, 3.8) is 0 Å². The molecular formula is C4H8BNO2. The van der Waals surface area contributed by atoms with Crippen LogP contribution in [-0.4, -0.2) is 26.4 Å². The van der Waals surface area contributed by atoms with Crippen molar-refractivity contribution in [1.82, 2.24) is 0 Å². The van der Waals surface area contributed by atoms with Gasteiger partial charge in [0.1, 0.15) is 7.85 Å². The van der Waals surface area contributed by atoms with Gasteiger partial charge in [-0.2, -0.15) is 0 Å². The van der Waals surface area contributed by atoms with Gasteiger partial charge in [0.2, 0.25) is 0 Å². The summed E-state index contributed by atoms with van der Waals surface area (Å²) in [6, 6.07) is 0. The molecule has 2 N–H and O–H groups in total. The maximum absolute atomic E-state index is 10.4. The van der Waals surface area contributed by atoms with Gasteiger partial charge in [-0.25, -0.2) is 0 Å². The molecule has 0 heterocycles. The molecule has 0 aliphatic heterocycles. The van der Waals surface area contributed by atoms with Gasteiger partial charge in [0.25, 0.3) is 0 Å². The van der Waals surface area contributed by atoms with Gasteiger partial charge < -0.3 is 10.5 Å².